The fourth-order valence-corrected chi connectivity index (χ4v) is 5.12. The molecule has 1 amide bonds. The van der Waals surface area contributed by atoms with Gasteiger partial charge in [0.25, 0.3) is 5.91 Å². The molecular weight excluding hydrogens is 362 g/mol. The van der Waals surface area contributed by atoms with E-state index in [9.17, 15) is 18.0 Å². The van der Waals surface area contributed by atoms with Crippen molar-refractivity contribution in [2.45, 2.75) is 24.2 Å². The molecule has 1 aromatic heterocycles. The average Bonchev–Trinajstić information content (AvgIpc) is 3.14. The molecule has 1 aromatic carbocycles. The zero-order chi connectivity index (χ0) is 18.2. The summed E-state index contributed by atoms with van der Waals surface area (Å²) in [5.74, 6) is -1.06. The van der Waals surface area contributed by atoms with Crippen LogP contribution in [0.1, 0.15) is 37.6 Å². The highest BCUT2D eigenvalue weighted by Crippen LogP contribution is 2.39. The number of hydrogen-bond donors (Lipinski definition) is 1. The van der Waals surface area contributed by atoms with Gasteiger partial charge in [0.05, 0.1) is 23.1 Å². The number of carbonyl (C=O) groups is 2. The fraction of sp³-hybridized carbons (Fsp3) is 0.294. The van der Waals surface area contributed by atoms with Crippen molar-refractivity contribution in [3.05, 3.63) is 45.8 Å². The highest BCUT2D eigenvalue weighted by atomic mass is 32.2. The van der Waals surface area contributed by atoms with Crippen LogP contribution in [0, 0.1) is 0 Å². The minimum Gasteiger partial charge on any atom is -0.465 e. The van der Waals surface area contributed by atoms with Gasteiger partial charge in [-0.2, -0.15) is 0 Å². The van der Waals surface area contributed by atoms with Crippen LogP contribution >= 0.6 is 11.3 Å². The number of ether oxygens (including phenoxy) is 1. The molecule has 0 radical (unpaired) electrons. The number of hydrogen-bond acceptors (Lipinski definition) is 6. The van der Waals surface area contributed by atoms with Gasteiger partial charge < -0.3 is 10.1 Å². The van der Waals surface area contributed by atoms with E-state index in [1.807, 2.05) is 0 Å². The van der Waals surface area contributed by atoms with Gasteiger partial charge in [0, 0.05) is 11.1 Å². The molecule has 8 heteroatoms. The first kappa shape index (κ1) is 17.6. The van der Waals surface area contributed by atoms with Crippen molar-refractivity contribution in [3.8, 4) is 0 Å². The van der Waals surface area contributed by atoms with Crippen LogP contribution in [-0.2, 0) is 27.4 Å². The van der Waals surface area contributed by atoms with E-state index in [1.165, 1.54) is 30.6 Å². The maximum absolute atomic E-state index is 12.7. The number of esters is 1. The summed E-state index contributed by atoms with van der Waals surface area (Å²) in [5, 5.41) is 3.11. The van der Waals surface area contributed by atoms with Gasteiger partial charge >= 0.3 is 5.97 Å². The smallest absolute Gasteiger partial charge is 0.341 e. The van der Waals surface area contributed by atoms with Crippen LogP contribution in [0.5, 0.6) is 0 Å². The van der Waals surface area contributed by atoms with Gasteiger partial charge in [0.15, 0.2) is 9.84 Å². The molecule has 132 valence electrons. The van der Waals surface area contributed by atoms with Gasteiger partial charge in [-0.15, -0.1) is 11.3 Å². The molecule has 3 rings (SSSR count). The summed E-state index contributed by atoms with van der Waals surface area (Å²) in [6.45, 7) is 0. The molecule has 0 fully saturated rings. The lowest BCUT2D eigenvalue weighted by atomic mass is 10.1. The Labute approximate surface area is 149 Å². The van der Waals surface area contributed by atoms with Crippen LogP contribution in [0.3, 0.4) is 0 Å². The first-order chi connectivity index (χ1) is 11.8. The van der Waals surface area contributed by atoms with E-state index in [4.69, 9.17) is 4.74 Å². The van der Waals surface area contributed by atoms with Crippen molar-refractivity contribution in [2.75, 3.05) is 18.7 Å². The number of benzene rings is 1. The Balaban J connectivity index is 2.00. The minimum absolute atomic E-state index is 0.0452. The molecule has 1 heterocycles. The largest absolute Gasteiger partial charge is 0.465 e. The lowest BCUT2D eigenvalue weighted by molar-refractivity contribution is 0.0601. The van der Waals surface area contributed by atoms with Gasteiger partial charge in [-0.05, 0) is 37.0 Å². The monoisotopic (exact) mass is 379 g/mol. The van der Waals surface area contributed by atoms with Crippen LogP contribution in [0.2, 0.25) is 0 Å². The van der Waals surface area contributed by atoms with E-state index in [-0.39, 0.29) is 10.5 Å². The minimum atomic E-state index is -3.55. The molecule has 0 atom stereocenters. The molecule has 0 bridgehead atoms. The van der Waals surface area contributed by atoms with E-state index in [1.54, 1.807) is 12.1 Å². The zero-order valence-corrected chi connectivity index (χ0v) is 15.4. The summed E-state index contributed by atoms with van der Waals surface area (Å²) in [6.07, 6.45) is 3.65. The Morgan fingerprint density at radius 2 is 1.92 bits per heavy atom. The van der Waals surface area contributed by atoms with Crippen molar-refractivity contribution in [3.63, 3.8) is 0 Å². The third kappa shape index (κ3) is 3.32. The maximum Gasteiger partial charge on any atom is 0.341 e. The third-order valence-corrected chi connectivity index (χ3v) is 6.43. The predicted molar refractivity (Wildman–Crippen MR) is 95.2 cm³/mol. The van der Waals surface area contributed by atoms with Crippen LogP contribution < -0.4 is 5.32 Å². The molecule has 1 aliphatic carbocycles. The molecular formula is C17H17NO5S2. The van der Waals surface area contributed by atoms with Gasteiger partial charge in [-0.25, -0.2) is 13.2 Å². The molecule has 0 spiro atoms. The maximum atomic E-state index is 12.7. The highest BCUT2D eigenvalue weighted by Gasteiger charge is 2.29. The van der Waals surface area contributed by atoms with Gasteiger partial charge in [-0.3, -0.25) is 4.79 Å². The van der Waals surface area contributed by atoms with E-state index in [0.29, 0.717) is 10.6 Å². The Bertz CT molecular complexity index is 959. The SMILES string of the molecule is COC(=O)c1c(NC(=O)c2ccccc2S(C)(=O)=O)sc2c1CCC2. The van der Waals surface area contributed by atoms with Gasteiger partial charge in [0.1, 0.15) is 5.00 Å². The number of sulfone groups is 1. The number of fused-ring (bicyclic) bond motifs is 1. The molecule has 0 saturated heterocycles. The summed E-state index contributed by atoms with van der Waals surface area (Å²) in [6, 6.07) is 6.00. The zero-order valence-electron chi connectivity index (χ0n) is 13.8. The second kappa shape index (κ2) is 6.61. The number of methoxy groups -OCH3 is 1. The van der Waals surface area contributed by atoms with Crippen LogP contribution in [0.25, 0.3) is 0 Å². The molecule has 0 aliphatic heterocycles. The van der Waals surface area contributed by atoms with Crippen molar-refractivity contribution >= 4 is 38.1 Å². The molecule has 1 N–H and O–H groups in total. The van der Waals surface area contributed by atoms with Crippen molar-refractivity contribution in [1.29, 1.82) is 0 Å². The topological polar surface area (TPSA) is 89.5 Å². The number of amides is 1. The Morgan fingerprint density at radius 1 is 1.20 bits per heavy atom. The molecule has 0 unspecified atom stereocenters. The second-order valence-corrected chi connectivity index (χ2v) is 8.86. The molecule has 2 aromatic rings. The molecule has 1 aliphatic rings. The number of anilines is 1. The average molecular weight is 379 g/mol. The fourth-order valence-electron chi connectivity index (χ4n) is 2.96. The third-order valence-electron chi connectivity index (χ3n) is 4.07. The summed E-state index contributed by atoms with van der Waals surface area (Å²) < 4.78 is 28.6. The Morgan fingerprint density at radius 3 is 2.60 bits per heavy atom. The molecule has 6 nitrogen and oxygen atoms in total. The summed E-state index contributed by atoms with van der Waals surface area (Å²) >= 11 is 1.35. The number of thiophene rings is 1. The van der Waals surface area contributed by atoms with Crippen LogP contribution in [0.4, 0.5) is 5.00 Å². The standard InChI is InChI=1S/C17H17NO5S2/c1-23-17(20)14-10-7-5-8-12(10)24-16(14)18-15(19)11-6-3-4-9-13(11)25(2,21)22/h3-4,6,9H,5,7-8H2,1-2H3,(H,18,19). The predicted octanol–water partition coefficient (Wildman–Crippen LogP) is 2.68. The van der Waals surface area contributed by atoms with E-state index in [2.05, 4.69) is 5.32 Å². The number of aryl methyl sites for hydroxylation is 1. The normalized spacial score (nSPS) is 13.4. The van der Waals surface area contributed by atoms with Crippen LogP contribution in [0.15, 0.2) is 29.2 Å². The number of carbonyl (C=O) groups excluding carboxylic acids is 2. The van der Waals surface area contributed by atoms with E-state index < -0.39 is 21.7 Å². The van der Waals surface area contributed by atoms with E-state index in [0.717, 1.165) is 36.0 Å². The van der Waals surface area contributed by atoms with Crippen molar-refractivity contribution in [1.82, 2.24) is 0 Å². The lowest BCUT2D eigenvalue weighted by Crippen LogP contribution is -2.17. The molecule has 0 saturated carbocycles. The lowest BCUT2D eigenvalue weighted by Gasteiger charge is -2.09. The molecule has 25 heavy (non-hydrogen) atoms. The summed E-state index contributed by atoms with van der Waals surface area (Å²) in [4.78, 5) is 25.8. The number of nitrogens with one attached hydrogen (secondary N) is 1. The highest BCUT2D eigenvalue weighted by molar-refractivity contribution is 7.90. The summed E-state index contributed by atoms with van der Waals surface area (Å²) in [7, 11) is -2.25. The van der Waals surface area contributed by atoms with Gasteiger partial charge in [0.2, 0.25) is 0 Å². The first-order valence-electron chi connectivity index (χ1n) is 7.66. The van der Waals surface area contributed by atoms with E-state index >= 15 is 0 Å². The van der Waals surface area contributed by atoms with Crippen molar-refractivity contribution in [2.24, 2.45) is 0 Å². The Hall–Kier alpha value is -2.19. The van der Waals surface area contributed by atoms with Crippen LogP contribution in [-0.4, -0.2) is 33.7 Å². The second-order valence-electron chi connectivity index (χ2n) is 5.78. The van der Waals surface area contributed by atoms with Crippen molar-refractivity contribution < 1.29 is 22.7 Å². The first-order valence-corrected chi connectivity index (χ1v) is 10.4. The Kier molecular flexibility index (Phi) is 4.66. The van der Waals surface area contributed by atoms with Gasteiger partial charge in [-0.1, -0.05) is 12.1 Å². The summed E-state index contributed by atoms with van der Waals surface area (Å²) in [5.41, 5.74) is 1.35. The quantitative estimate of drug-likeness (QED) is 0.825. The number of rotatable bonds is 4.